The van der Waals surface area contributed by atoms with Gasteiger partial charge in [0.1, 0.15) is 0 Å². The van der Waals surface area contributed by atoms with E-state index in [4.69, 9.17) is 26.3 Å². The van der Waals surface area contributed by atoms with E-state index in [0.717, 1.165) is 30.4 Å². The van der Waals surface area contributed by atoms with Crippen LogP contribution in [0.25, 0.3) is 5.76 Å². The van der Waals surface area contributed by atoms with Gasteiger partial charge in [0, 0.05) is 17.5 Å². The average Bonchev–Trinajstić information content (AvgIpc) is 2.38. The van der Waals surface area contributed by atoms with Gasteiger partial charge < -0.3 is 9.94 Å². The Hall–Kier alpha value is -1.81. The maximum Gasteiger partial charge on any atom is 0.300 e. The van der Waals surface area contributed by atoms with Crippen molar-refractivity contribution in [1.29, 1.82) is 0 Å². The molecule has 0 radical (unpaired) electrons. The first-order valence-corrected chi connectivity index (χ1v) is 6.60. The molecule has 4 nitrogen and oxygen atoms in total. The second-order valence-electron chi connectivity index (χ2n) is 3.95. The Morgan fingerprint density at radius 3 is 2.50 bits per heavy atom. The number of hydrogen-bond donors (Lipinski definition) is 1. The first kappa shape index (κ1) is 18.2. The maximum absolute atomic E-state index is 9.00. The first-order valence-electron chi connectivity index (χ1n) is 6.23. The summed E-state index contributed by atoms with van der Waals surface area (Å²) in [7, 11) is 0. The van der Waals surface area contributed by atoms with Gasteiger partial charge in [-0.2, -0.15) is 0 Å². The second-order valence-corrected chi connectivity index (χ2v) is 4.39. The van der Waals surface area contributed by atoms with Crippen LogP contribution in [-0.4, -0.2) is 16.8 Å². The van der Waals surface area contributed by atoms with Crippen molar-refractivity contribution < 1.29 is 14.7 Å². The molecule has 0 atom stereocenters. The van der Waals surface area contributed by atoms with E-state index in [0.29, 0.717) is 5.02 Å². The van der Waals surface area contributed by atoms with Crippen molar-refractivity contribution in [1.82, 2.24) is 0 Å². The molecule has 0 saturated carbocycles. The molecule has 0 fully saturated rings. The molecule has 0 aromatic heterocycles. The number of oxime groups is 1. The van der Waals surface area contributed by atoms with E-state index in [9.17, 15) is 0 Å². The van der Waals surface area contributed by atoms with Gasteiger partial charge in [-0.25, -0.2) is 0 Å². The zero-order chi connectivity index (χ0) is 15.5. The maximum atomic E-state index is 9.00. The smallest absolute Gasteiger partial charge is 0.300 e. The van der Waals surface area contributed by atoms with Crippen molar-refractivity contribution in [2.75, 3.05) is 0 Å². The normalized spacial score (nSPS) is 11.4. The van der Waals surface area contributed by atoms with Gasteiger partial charge in [-0.15, -0.1) is 0 Å². The van der Waals surface area contributed by atoms with Gasteiger partial charge >= 0.3 is 0 Å². The van der Waals surface area contributed by atoms with E-state index in [1.165, 1.54) is 0 Å². The summed E-state index contributed by atoms with van der Waals surface area (Å²) in [6.45, 7) is 6.97. The average molecular weight is 298 g/mol. The number of carboxylic acid groups (broad SMARTS) is 1. The number of nitrogens with zero attached hydrogens (tertiary/aromatic N) is 1. The zero-order valence-electron chi connectivity index (χ0n) is 12.2. The lowest BCUT2D eigenvalue weighted by atomic mass is 10.2. The highest BCUT2D eigenvalue weighted by atomic mass is 35.5. The van der Waals surface area contributed by atoms with Crippen LogP contribution in [-0.2, 0) is 9.63 Å². The predicted octanol–water partition coefficient (Wildman–Crippen LogP) is 4.59. The van der Waals surface area contributed by atoms with Gasteiger partial charge in [0.25, 0.3) is 5.97 Å². The molecule has 0 aliphatic carbocycles. The molecular weight excluding hydrogens is 278 g/mol. The van der Waals surface area contributed by atoms with Crippen molar-refractivity contribution in [3.63, 3.8) is 0 Å². The van der Waals surface area contributed by atoms with Crippen molar-refractivity contribution >= 4 is 29.0 Å². The third-order valence-corrected chi connectivity index (χ3v) is 2.42. The Labute approximate surface area is 124 Å². The summed E-state index contributed by atoms with van der Waals surface area (Å²) in [5.74, 6) is -0.115. The monoisotopic (exact) mass is 297 g/mol. The van der Waals surface area contributed by atoms with Gasteiger partial charge in [-0.05, 0) is 38.5 Å². The van der Waals surface area contributed by atoms with Crippen LogP contribution in [0.1, 0.15) is 39.7 Å². The fourth-order valence-electron chi connectivity index (χ4n) is 1.11. The number of carbonyl (C=O) groups is 1. The fourth-order valence-corrected chi connectivity index (χ4v) is 1.30. The van der Waals surface area contributed by atoms with Gasteiger partial charge in [-0.3, -0.25) is 4.79 Å². The lowest BCUT2D eigenvalue weighted by molar-refractivity contribution is -0.134. The Morgan fingerprint density at radius 2 is 2.05 bits per heavy atom. The number of carboxylic acids is 1. The second kappa shape index (κ2) is 10.0. The van der Waals surface area contributed by atoms with Crippen LogP contribution in [0.2, 0.25) is 5.02 Å². The standard InChI is InChI=1S/C13H16ClNO.C2H4O2/c1-4-10(3)15-16-13(5-2)11-7-6-8-12(14)9-11;1-2(3)4/h5-9H,4H2,1-3H3;1H3,(H,3,4)/b13-5-,15-10+;. The predicted molar refractivity (Wildman–Crippen MR) is 82.9 cm³/mol. The highest BCUT2D eigenvalue weighted by molar-refractivity contribution is 6.30. The molecular formula is C15H20ClNO3. The van der Waals surface area contributed by atoms with E-state index >= 15 is 0 Å². The molecule has 20 heavy (non-hydrogen) atoms. The van der Waals surface area contributed by atoms with Crippen LogP contribution >= 0.6 is 11.6 Å². The quantitative estimate of drug-likeness (QED) is 0.502. The third-order valence-electron chi connectivity index (χ3n) is 2.18. The number of rotatable bonds is 4. The van der Waals surface area contributed by atoms with E-state index in [2.05, 4.69) is 5.16 Å². The molecule has 0 saturated heterocycles. The van der Waals surface area contributed by atoms with Crippen LogP contribution in [0.4, 0.5) is 0 Å². The van der Waals surface area contributed by atoms with Gasteiger partial charge in [0.2, 0.25) is 0 Å². The molecule has 1 N–H and O–H groups in total. The largest absolute Gasteiger partial charge is 0.481 e. The molecule has 1 aromatic rings. The van der Waals surface area contributed by atoms with Crippen molar-refractivity contribution in [2.45, 2.75) is 34.1 Å². The number of aliphatic carboxylic acids is 1. The summed E-state index contributed by atoms with van der Waals surface area (Å²) in [6, 6.07) is 7.52. The number of halogens is 1. The Kier molecular flexibility index (Phi) is 9.13. The summed E-state index contributed by atoms with van der Waals surface area (Å²) in [5.41, 5.74) is 1.89. The number of hydrogen-bond acceptors (Lipinski definition) is 3. The molecule has 110 valence electrons. The summed E-state index contributed by atoms with van der Waals surface area (Å²) in [6.07, 6.45) is 2.75. The fraction of sp³-hybridized carbons (Fsp3) is 0.333. The Morgan fingerprint density at radius 1 is 1.45 bits per heavy atom. The number of allylic oxidation sites excluding steroid dienone is 1. The Bertz CT molecular complexity index is 492. The van der Waals surface area contributed by atoms with Gasteiger partial charge in [0.15, 0.2) is 5.76 Å². The molecule has 1 rings (SSSR count). The molecule has 0 amide bonds. The van der Waals surface area contributed by atoms with Crippen LogP contribution in [0.5, 0.6) is 0 Å². The highest BCUT2D eigenvalue weighted by Crippen LogP contribution is 2.20. The molecule has 0 unspecified atom stereocenters. The summed E-state index contributed by atoms with van der Waals surface area (Å²) >= 11 is 5.92. The van der Waals surface area contributed by atoms with Crippen LogP contribution < -0.4 is 0 Å². The van der Waals surface area contributed by atoms with Gasteiger partial charge in [0.05, 0.1) is 5.71 Å². The van der Waals surface area contributed by atoms with Crippen molar-refractivity contribution in [3.8, 4) is 0 Å². The van der Waals surface area contributed by atoms with Crippen molar-refractivity contribution in [2.24, 2.45) is 5.16 Å². The van der Waals surface area contributed by atoms with E-state index in [-0.39, 0.29) is 0 Å². The van der Waals surface area contributed by atoms with E-state index in [1.807, 2.05) is 51.1 Å². The molecule has 0 bridgehead atoms. The zero-order valence-corrected chi connectivity index (χ0v) is 12.9. The van der Waals surface area contributed by atoms with E-state index < -0.39 is 5.97 Å². The van der Waals surface area contributed by atoms with E-state index in [1.54, 1.807) is 0 Å². The van der Waals surface area contributed by atoms with Crippen LogP contribution in [0.15, 0.2) is 35.5 Å². The Balaban J connectivity index is 0.000000796. The van der Waals surface area contributed by atoms with Crippen LogP contribution in [0.3, 0.4) is 0 Å². The lowest BCUT2D eigenvalue weighted by Crippen LogP contribution is -1.92. The molecule has 0 aliphatic heterocycles. The topological polar surface area (TPSA) is 58.9 Å². The molecule has 5 heteroatoms. The lowest BCUT2D eigenvalue weighted by Gasteiger charge is -2.05. The third kappa shape index (κ3) is 8.32. The minimum Gasteiger partial charge on any atom is -0.481 e. The SMILES string of the molecule is C/C=C(\O/N=C(\C)CC)c1cccc(Cl)c1.CC(=O)O. The number of benzene rings is 1. The minimum absolute atomic E-state index is 0.691. The summed E-state index contributed by atoms with van der Waals surface area (Å²) in [4.78, 5) is 14.4. The summed E-state index contributed by atoms with van der Waals surface area (Å²) in [5, 5.41) is 12.1. The van der Waals surface area contributed by atoms with Crippen LogP contribution in [0, 0.1) is 0 Å². The molecule has 1 aromatic carbocycles. The molecule has 0 aliphatic rings. The molecule has 0 heterocycles. The minimum atomic E-state index is -0.833. The summed E-state index contributed by atoms with van der Waals surface area (Å²) < 4.78 is 0. The first-order chi connectivity index (χ1) is 9.40. The highest BCUT2D eigenvalue weighted by Gasteiger charge is 2.02. The van der Waals surface area contributed by atoms with Crippen molar-refractivity contribution in [3.05, 3.63) is 40.9 Å². The van der Waals surface area contributed by atoms with Gasteiger partial charge in [-0.1, -0.05) is 35.8 Å². The molecule has 0 spiro atoms.